The molecule has 1 heterocycles. The first-order valence-electron chi connectivity index (χ1n) is 7.11. The van der Waals surface area contributed by atoms with E-state index in [1.807, 2.05) is 13.0 Å². The van der Waals surface area contributed by atoms with E-state index in [1.165, 1.54) is 4.68 Å². The van der Waals surface area contributed by atoms with Crippen molar-refractivity contribution in [1.82, 2.24) is 15.1 Å². The van der Waals surface area contributed by atoms with Crippen molar-refractivity contribution >= 4 is 17.5 Å². The highest BCUT2D eigenvalue weighted by Crippen LogP contribution is 2.30. The van der Waals surface area contributed by atoms with Gasteiger partial charge in [-0.1, -0.05) is 11.6 Å². The smallest absolute Gasteiger partial charge is 0.256 e. The molecule has 1 N–H and O–H groups in total. The third-order valence-electron chi connectivity index (χ3n) is 3.63. The molecule has 0 bridgehead atoms. The third-order valence-corrected chi connectivity index (χ3v) is 4.06. The summed E-state index contributed by atoms with van der Waals surface area (Å²) >= 11 is 6.14. The summed E-state index contributed by atoms with van der Waals surface area (Å²) in [6.45, 7) is 3.62. The molecule has 0 spiro atoms. The number of aryl methyl sites for hydroxylation is 2. The van der Waals surface area contributed by atoms with Crippen molar-refractivity contribution in [1.29, 1.82) is 0 Å². The van der Waals surface area contributed by atoms with E-state index in [2.05, 4.69) is 10.4 Å². The molecule has 1 unspecified atom stereocenters. The highest BCUT2D eigenvalue weighted by atomic mass is 35.5. The minimum Gasteiger partial charge on any atom is -0.497 e. The fourth-order valence-electron chi connectivity index (χ4n) is 2.41. The van der Waals surface area contributed by atoms with Crippen LogP contribution in [-0.2, 0) is 7.05 Å². The molecule has 124 valence electrons. The first-order chi connectivity index (χ1) is 10.9. The van der Waals surface area contributed by atoms with Crippen LogP contribution in [0.5, 0.6) is 11.5 Å². The van der Waals surface area contributed by atoms with Crippen LogP contribution in [0.3, 0.4) is 0 Å². The summed E-state index contributed by atoms with van der Waals surface area (Å²) in [6.07, 6.45) is 0. The fraction of sp³-hybridized carbons (Fsp3) is 0.375. The summed E-state index contributed by atoms with van der Waals surface area (Å²) in [5, 5.41) is 7.38. The molecule has 0 saturated heterocycles. The van der Waals surface area contributed by atoms with Gasteiger partial charge < -0.3 is 14.8 Å². The molecule has 23 heavy (non-hydrogen) atoms. The van der Waals surface area contributed by atoms with Gasteiger partial charge in [0.15, 0.2) is 0 Å². The van der Waals surface area contributed by atoms with Crippen molar-refractivity contribution in [3.05, 3.63) is 40.2 Å². The topological polar surface area (TPSA) is 65.4 Å². The molecule has 1 atom stereocenters. The standard InChI is InChI=1S/C16H20ClN3O3/c1-9(12-8-11(22-4)6-7-13(12)23-5)18-16(21)14-10(2)19-20(3)15(14)17/h6-9H,1-5H3,(H,18,21). The van der Waals surface area contributed by atoms with Crippen molar-refractivity contribution in [2.75, 3.05) is 14.2 Å². The summed E-state index contributed by atoms with van der Waals surface area (Å²) in [4.78, 5) is 12.5. The lowest BCUT2D eigenvalue weighted by atomic mass is 10.1. The predicted octanol–water partition coefficient (Wildman–Crippen LogP) is 2.89. The number of aromatic nitrogens is 2. The normalized spacial score (nSPS) is 11.9. The lowest BCUT2D eigenvalue weighted by molar-refractivity contribution is 0.0939. The van der Waals surface area contributed by atoms with Crippen LogP contribution in [0.1, 0.15) is 34.6 Å². The van der Waals surface area contributed by atoms with E-state index < -0.39 is 0 Å². The molecule has 2 aromatic rings. The Balaban J connectivity index is 2.28. The third kappa shape index (κ3) is 3.42. The van der Waals surface area contributed by atoms with E-state index in [-0.39, 0.29) is 11.9 Å². The maximum absolute atomic E-state index is 12.5. The quantitative estimate of drug-likeness (QED) is 0.911. The number of hydrogen-bond acceptors (Lipinski definition) is 4. The Morgan fingerprint density at radius 3 is 2.57 bits per heavy atom. The maximum atomic E-state index is 12.5. The molecular formula is C16H20ClN3O3. The molecule has 1 aromatic heterocycles. The van der Waals surface area contributed by atoms with Gasteiger partial charge in [0.05, 0.1) is 31.5 Å². The number of amides is 1. The van der Waals surface area contributed by atoms with Gasteiger partial charge in [-0.15, -0.1) is 0 Å². The monoisotopic (exact) mass is 337 g/mol. The van der Waals surface area contributed by atoms with E-state index in [1.54, 1.807) is 40.3 Å². The van der Waals surface area contributed by atoms with Crippen molar-refractivity contribution in [2.24, 2.45) is 7.05 Å². The van der Waals surface area contributed by atoms with E-state index >= 15 is 0 Å². The lowest BCUT2D eigenvalue weighted by Crippen LogP contribution is -2.27. The first kappa shape index (κ1) is 17.1. The summed E-state index contributed by atoms with van der Waals surface area (Å²) in [5.41, 5.74) is 1.78. The van der Waals surface area contributed by atoms with Crippen LogP contribution in [0.15, 0.2) is 18.2 Å². The molecule has 1 aromatic carbocycles. The number of rotatable bonds is 5. The van der Waals surface area contributed by atoms with Gasteiger partial charge in [0, 0.05) is 12.6 Å². The SMILES string of the molecule is COc1ccc(OC)c(C(C)NC(=O)c2c(C)nn(C)c2Cl)c1. The summed E-state index contributed by atoms with van der Waals surface area (Å²) < 4.78 is 12.1. The number of nitrogens with one attached hydrogen (secondary N) is 1. The zero-order chi connectivity index (χ0) is 17.1. The Morgan fingerprint density at radius 2 is 2.04 bits per heavy atom. The van der Waals surface area contributed by atoms with E-state index in [9.17, 15) is 4.79 Å². The average Bonchev–Trinajstić information content (AvgIpc) is 2.79. The predicted molar refractivity (Wildman–Crippen MR) is 88.4 cm³/mol. The molecule has 2 rings (SSSR count). The van der Waals surface area contributed by atoms with Crippen molar-refractivity contribution in [3.8, 4) is 11.5 Å². The van der Waals surface area contributed by atoms with Crippen LogP contribution >= 0.6 is 11.6 Å². The molecule has 0 aliphatic carbocycles. The van der Waals surface area contributed by atoms with Gasteiger partial charge in [-0.05, 0) is 32.0 Å². The van der Waals surface area contributed by atoms with E-state index in [0.29, 0.717) is 27.9 Å². The number of hydrogen-bond donors (Lipinski definition) is 1. The second-order valence-corrected chi connectivity index (χ2v) is 5.54. The number of carbonyl (C=O) groups is 1. The molecule has 0 fully saturated rings. The number of ether oxygens (including phenoxy) is 2. The van der Waals surface area contributed by atoms with Crippen LogP contribution < -0.4 is 14.8 Å². The highest BCUT2D eigenvalue weighted by molar-refractivity contribution is 6.33. The Labute approximate surface area is 140 Å². The molecule has 1 amide bonds. The minimum atomic E-state index is -0.289. The van der Waals surface area contributed by atoms with Gasteiger partial charge in [0.25, 0.3) is 5.91 Å². The Hall–Kier alpha value is -2.21. The molecular weight excluding hydrogens is 318 g/mol. The van der Waals surface area contributed by atoms with Gasteiger partial charge in [0.1, 0.15) is 16.7 Å². The second kappa shape index (κ2) is 6.91. The zero-order valence-electron chi connectivity index (χ0n) is 13.8. The molecule has 6 nitrogen and oxygen atoms in total. The van der Waals surface area contributed by atoms with Crippen LogP contribution in [0, 0.1) is 6.92 Å². The van der Waals surface area contributed by atoms with Crippen LogP contribution in [0.4, 0.5) is 0 Å². The first-order valence-corrected chi connectivity index (χ1v) is 7.48. The molecule has 0 aliphatic heterocycles. The lowest BCUT2D eigenvalue weighted by Gasteiger charge is -2.18. The van der Waals surface area contributed by atoms with Crippen molar-refractivity contribution < 1.29 is 14.3 Å². The Bertz CT molecular complexity index is 728. The van der Waals surface area contributed by atoms with Crippen molar-refractivity contribution in [2.45, 2.75) is 19.9 Å². The summed E-state index contributed by atoms with van der Waals surface area (Å²) in [5.74, 6) is 1.09. The largest absolute Gasteiger partial charge is 0.497 e. The second-order valence-electron chi connectivity index (χ2n) is 5.18. The number of nitrogens with zero attached hydrogens (tertiary/aromatic N) is 2. The molecule has 7 heteroatoms. The van der Waals surface area contributed by atoms with Crippen LogP contribution in [-0.4, -0.2) is 29.9 Å². The summed E-state index contributed by atoms with van der Waals surface area (Å²) in [6, 6.07) is 5.16. The van der Waals surface area contributed by atoms with Gasteiger partial charge in [0.2, 0.25) is 0 Å². The molecule has 0 aliphatic rings. The van der Waals surface area contributed by atoms with Gasteiger partial charge in [-0.25, -0.2) is 0 Å². The van der Waals surface area contributed by atoms with Crippen molar-refractivity contribution in [3.63, 3.8) is 0 Å². The van der Waals surface area contributed by atoms with E-state index in [4.69, 9.17) is 21.1 Å². The minimum absolute atomic E-state index is 0.280. The highest BCUT2D eigenvalue weighted by Gasteiger charge is 2.22. The maximum Gasteiger partial charge on any atom is 0.256 e. The number of carbonyl (C=O) groups excluding carboxylic acids is 1. The zero-order valence-corrected chi connectivity index (χ0v) is 14.6. The van der Waals surface area contributed by atoms with Crippen LogP contribution in [0.25, 0.3) is 0 Å². The van der Waals surface area contributed by atoms with Gasteiger partial charge >= 0.3 is 0 Å². The Morgan fingerprint density at radius 1 is 1.35 bits per heavy atom. The van der Waals surface area contributed by atoms with E-state index in [0.717, 1.165) is 5.56 Å². The fourth-order valence-corrected chi connectivity index (χ4v) is 2.67. The van der Waals surface area contributed by atoms with Gasteiger partial charge in [-0.2, -0.15) is 5.10 Å². The molecule has 0 saturated carbocycles. The van der Waals surface area contributed by atoms with Gasteiger partial charge in [-0.3, -0.25) is 9.48 Å². The number of methoxy groups -OCH3 is 2. The molecule has 0 radical (unpaired) electrons. The Kier molecular flexibility index (Phi) is 5.15. The number of benzene rings is 1. The number of halogens is 1. The van der Waals surface area contributed by atoms with Crippen LogP contribution in [0.2, 0.25) is 5.15 Å². The summed E-state index contributed by atoms with van der Waals surface area (Å²) in [7, 11) is 4.87. The average molecular weight is 338 g/mol.